The maximum Gasteiger partial charge on any atom is 0.232 e. The maximum atomic E-state index is 9.24. The number of benzene rings is 1. The molecule has 0 saturated carbocycles. The lowest BCUT2D eigenvalue weighted by atomic mass is 10.0. The molecule has 24 heavy (non-hydrogen) atoms. The Morgan fingerprint density at radius 1 is 1.33 bits per heavy atom. The Morgan fingerprint density at radius 3 is 2.62 bits per heavy atom. The SMILES string of the molecule is COc1ccccc1[C@@H](CNc1oc(C(C)C)nc1C#N)N(C)C. The molecule has 2 rings (SSSR count). The zero-order chi connectivity index (χ0) is 17.7. The monoisotopic (exact) mass is 328 g/mol. The van der Waals surface area contributed by atoms with Gasteiger partial charge in [-0.05, 0) is 20.2 Å². The van der Waals surface area contributed by atoms with Crippen molar-refractivity contribution in [3.05, 3.63) is 41.4 Å². The largest absolute Gasteiger partial charge is 0.496 e. The fourth-order valence-electron chi connectivity index (χ4n) is 2.48. The summed E-state index contributed by atoms with van der Waals surface area (Å²) in [7, 11) is 5.67. The van der Waals surface area contributed by atoms with Gasteiger partial charge in [0.1, 0.15) is 11.8 Å². The minimum atomic E-state index is 0.0558. The highest BCUT2D eigenvalue weighted by Crippen LogP contribution is 2.29. The van der Waals surface area contributed by atoms with Crippen LogP contribution in [0.4, 0.5) is 5.88 Å². The number of hydrogen-bond donors (Lipinski definition) is 1. The van der Waals surface area contributed by atoms with Crippen molar-refractivity contribution in [2.24, 2.45) is 0 Å². The number of nitrogens with zero attached hydrogens (tertiary/aromatic N) is 3. The van der Waals surface area contributed by atoms with Crippen molar-refractivity contribution < 1.29 is 9.15 Å². The molecular formula is C18H24N4O2. The molecular weight excluding hydrogens is 304 g/mol. The fraction of sp³-hybridized carbons (Fsp3) is 0.444. The molecule has 0 radical (unpaired) electrons. The average Bonchev–Trinajstić information content (AvgIpc) is 2.98. The molecule has 0 aliphatic rings. The van der Waals surface area contributed by atoms with Crippen LogP contribution in [0.1, 0.15) is 43.0 Å². The van der Waals surface area contributed by atoms with Gasteiger partial charge >= 0.3 is 0 Å². The average molecular weight is 328 g/mol. The Kier molecular flexibility index (Phi) is 5.83. The molecule has 1 aromatic heterocycles. The third-order valence-corrected chi connectivity index (χ3v) is 3.82. The maximum absolute atomic E-state index is 9.24. The van der Waals surface area contributed by atoms with Crippen LogP contribution in [0, 0.1) is 11.3 Å². The minimum absolute atomic E-state index is 0.0558. The van der Waals surface area contributed by atoms with E-state index < -0.39 is 0 Å². The molecule has 0 aliphatic carbocycles. The number of ether oxygens (including phenoxy) is 1. The quantitative estimate of drug-likeness (QED) is 0.840. The highest BCUT2D eigenvalue weighted by Gasteiger charge is 2.21. The van der Waals surface area contributed by atoms with Crippen LogP contribution < -0.4 is 10.1 Å². The van der Waals surface area contributed by atoms with E-state index in [9.17, 15) is 5.26 Å². The summed E-state index contributed by atoms with van der Waals surface area (Å²) in [6.07, 6.45) is 0. The van der Waals surface area contributed by atoms with E-state index in [1.165, 1.54) is 0 Å². The molecule has 2 aromatic rings. The number of rotatable bonds is 7. The van der Waals surface area contributed by atoms with Gasteiger partial charge in [-0.2, -0.15) is 5.26 Å². The third-order valence-electron chi connectivity index (χ3n) is 3.82. The van der Waals surface area contributed by atoms with Crippen molar-refractivity contribution >= 4 is 5.88 Å². The van der Waals surface area contributed by atoms with Gasteiger partial charge in [-0.3, -0.25) is 0 Å². The van der Waals surface area contributed by atoms with E-state index in [0.717, 1.165) is 11.3 Å². The normalized spacial score (nSPS) is 12.2. The van der Waals surface area contributed by atoms with Gasteiger partial charge in [0.25, 0.3) is 0 Å². The zero-order valence-corrected chi connectivity index (χ0v) is 14.8. The molecule has 1 N–H and O–H groups in total. The number of oxazole rings is 1. The molecule has 1 heterocycles. The Labute approximate surface area is 143 Å². The number of nitrogens with one attached hydrogen (secondary N) is 1. The second-order valence-electron chi connectivity index (χ2n) is 6.10. The summed E-state index contributed by atoms with van der Waals surface area (Å²) in [5, 5.41) is 12.5. The smallest absolute Gasteiger partial charge is 0.232 e. The van der Waals surface area contributed by atoms with Crippen molar-refractivity contribution in [3.8, 4) is 11.8 Å². The van der Waals surface area contributed by atoms with Crippen LogP contribution in [0.15, 0.2) is 28.7 Å². The summed E-state index contributed by atoms with van der Waals surface area (Å²) in [4.78, 5) is 6.32. The first-order valence-corrected chi connectivity index (χ1v) is 7.92. The fourth-order valence-corrected chi connectivity index (χ4v) is 2.48. The van der Waals surface area contributed by atoms with Crippen LogP contribution >= 0.6 is 0 Å². The Morgan fingerprint density at radius 2 is 2.04 bits per heavy atom. The standard InChI is InChI=1S/C18H24N4O2/c1-12(2)17-21-14(10-19)18(24-17)20-11-15(22(3)4)13-8-6-7-9-16(13)23-5/h6-9,12,15,20H,11H2,1-5H3/t15-/m1/s1. The van der Waals surface area contributed by atoms with E-state index in [-0.39, 0.29) is 17.7 Å². The van der Waals surface area contributed by atoms with Crippen molar-refractivity contribution in [1.82, 2.24) is 9.88 Å². The molecule has 6 heteroatoms. The highest BCUT2D eigenvalue weighted by atomic mass is 16.5. The summed E-state index contributed by atoms with van der Waals surface area (Å²) in [6, 6.07) is 10.0. The van der Waals surface area contributed by atoms with E-state index in [1.807, 2.05) is 52.2 Å². The molecule has 0 unspecified atom stereocenters. The molecule has 0 saturated heterocycles. The lowest BCUT2D eigenvalue weighted by Gasteiger charge is -2.26. The first kappa shape index (κ1) is 17.8. The summed E-state index contributed by atoms with van der Waals surface area (Å²) in [5.41, 5.74) is 1.36. The third kappa shape index (κ3) is 3.87. The molecule has 0 bridgehead atoms. The number of nitriles is 1. The zero-order valence-electron chi connectivity index (χ0n) is 14.8. The number of methoxy groups -OCH3 is 1. The Hall–Kier alpha value is -2.52. The van der Waals surface area contributed by atoms with Gasteiger partial charge in [0, 0.05) is 18.0 Å². The van der Waals surface area contributed by atoms with Gasteiger partial charge in [-0.15, -0.1) is 0 Å². The molecule has 0 amide bonds. The molecule has 0 fully saturated rings. The number of hydrogen-bond acceptors (Lipinski definition) is 6. The first-order chi connectivity index (χ1) is 11.5. The van der Waals surface area contributed by atoms with E-state index in [0.29, 0.717) is 18.3 Å². The number of para-hydroxylation sites is 1. The second kappa shape index (κ2) is 7.84. The van der Waals surface area contributed by atoms with Gasteiger partial charge in [0.2, 0.25) is 17.5 Å². The van der Waals surface area contributed by atoms with Gasteiger partial charge in [0.05, 0.1) is 13.2 Å². The van der Waals surface area contributed by atoms with Crippen LogP contribution in [-0.4, -0.2) is 37.6 Å². The summed E-state index contributed by atoms with van der Waals surface area (Å²) in [6.45, 7) is 4.53. The van der Waals surface area contributed by atoms with E-state index >= 15 is 0 Å². The van der Waals surface area contributed by atoms with Crippen molar-refractivity contribution in [1.29, 1.82) is 5.26 Å². The molecule has 128 valence electrons. The number of likely N-dealkylation sites (N-methyl/N-ethyl adjacent to an activating group) is 1. The molecule has 1 aromatic carbocycles. The number of anilines is 1. The molecule has 0 spiro atoms. The van der Waals surface area contributed by atoms with Gasteiger partial charge in [-0.1, -0.05) is 32.0 Å². The Bertz CT molecular complexity index is 716. The van der Waals surface area contributed by atoms with Gasteiger partial charge < -0.3 is 19.4 Å². The van der Waals surface area contributed by atoms with Crippen LogP contribution in [0.3, 0.4) is 0 Å². The van der Waals surface area contributed by atoms with E-state index in [2.05, 4.69) is 21.3 Å². The predicted molar refractivity (Wildman–Crippen MR) is 93.2 cm³/mol. The van der Waals surface area contributed by atoms with Gasteiger partial charge in [0.15, 0.2) is 0 Å². The minimum Gasteiger partial charge on any atom is -0.496 e. The summed E-state index contributed by atoms with van der Waals surface area (Å²) < 4.78 is 11.2. The predicted octanol–water partition coefficient (Wildman–Crippen LogP) is 3.39. The Balaban J connectivity index is 2.23. The first-order valence-electron chi connectivity index (χ1n) is 7.92. The van der Waals surface area contributed by atoms with Crippen LogP contribution in [-0.2, 0) is 0 Å². The lowest BCUT2D eigenvalue weighted by Crippen LogP contribution is -2.27. The van der Waals surface area contributed by atoms with Crippen LogP contribution in [0.2, 0.25) is 0 Å². The number of aromatic nitrogens is 1. The van der Waals surface area contributed by atoms with Crippen molar-refractivity contribution in [2.75, 3.05) is 33.1 Å². The highest BCUT2D eigenvalue weighted by molar-refractivity contribution is 5.46. The molecule has 1 atom stereocenters. The lowest BCUT2D eigenvalue weighted by molar-refractivity contribution is 0.298. The summed E-state index contributed by atoms with van der Waals surface area (Å²) in [5.74, 6) is 1.95. The molecule has 0 aliphatic heterocycles. The summed E-state index contributed by atoms with van der Waals surface area (Å²) >= 11 is 0. The van der Waals surface area contributed by atoms with Crippen LogP contribution in [0.5, 0.6) is 5.75 Å². The topological polar surface area (TPSA) is 74.3 Å². The van der Waals surface area contributed by atoms with Crippen molar-refractivity contribution in [3.63, 3.8) is 0 Å². The van der Waals surface area contributed by atoms with Crippen molar-refractivity contribution in [2.45, 2.75) is 25.8 Å². The van der Waals surface area contributed by atoms with Gasteiger partial charge in [-0.25, -0.2) is 4.98 Å². The second-order valence-corrected chi connectivity index (χ2v) is 6.10. The van der Waals surface area contributed by atoms with E-state index in [1.54, 1.807) is 7.11 Å². The molecule has 6 nitrogen and oxygen atoms in total. The van der Waals surface area contributed by atoms with E-state index in [4.69, 9.17) is 9.15 Å². The van der Waals surface area contributed by atoms with Crippen LogP contribution in [0.25, 0.3) is 0 Å².